The first-order chi connectivity index (χ1) is 11.9. The van der Waals surface area contributed by atoms with E-state index in [1.165, 1.54) is 10.9 Å². The molecule has 1 amide bonds. The summed E-state index contributed by atoms with van der Waals surface area (Å²) in [7, 11) is 0. The van der Waals surface area contributed by atoms with Crippen LogP contribution in [0.3, 0.4) is 0 Å². The van der Waals surface area contributed by atoms with E-state index < -0.39 is 0 Å². The highest BCUT2D eigenvalue weighted by Crippen LogP contribution is 2.17. The predicted molar refractivity (Wildman–Crippen MR) is 99.7 cm³/mol. The van der Waals surface area contributed by atoms with Gasteiger partial charge in [0.1, 0.15) is 5.82 Å². The zero-order valence-corrected chi connectivity index (χ0v) is 14.8. The van der Waals surface area contributed by atoms with Gasteiger partial charge in [-0.25, -0.2) is 0 Å². The summed E-state index contributed by atoms with van der Waals surface area (Å²) in [5.41, 5.74) is 2.51. The smallest absolute Gasteiger partial charge is 0.271 e. The van der Waals surface area contributed by atoms with E-state index in [4.69, 9.17) is 0 Å². The molecule has 3 rings (SSSR count). The molecule has 0 radical (unpaired) electrons. The summed E-state index contributed by atoms with van der Waals surface area (Å²) in [4.78, 5) is 15.4. The molecule has 0 atom stereocenters. The Morgan fingerprint density at radius 2 is 1.92 bits per heavy atom. The number of nitrogens with zero attached hydrogens (tertiary/aromatic N) is 2. The zero-order chi connectivity index (χ0) is 17.9. The first-order valence-corrected chi connectivity index (χ1v) is 8.37. The molecule has 0 aliphatic carbocycles. The van der Waals surface area contributed by atoms with Gasteiger partial charge in [-0.15, -0.1) is 10.2 Å². The lowest BCUT2D eigenvalue weighted by Gasteiger charge is -2.20. The van der Waals surface area contributed by atoms with Crippen molar-refractivity contribution in [3.63, 3.8) is 0 Å². The van der Waals surface area contributed by atoms with Crippen molar-refractivity contribution in [3.8, 4) is 0 Å². The Labute approximate surface area is 147 Å². The SMILES string of the molecule is CC(C)(C)Nc1ccc(C(=O)NCCc2c[nH]c3ccccc23)nn1. The van der Waals surface area contributed by atoms with Crippen LogP contribution in [0.25, 0.3) is 10.9 Å². The normalized spacial score (nSPS) is 11.5. The number of rotatable bonds is 5. The van der Waals surface area contributed by atoms with E-state index in [1.807, 2.05) is 45.2 Å². The Kier molecular flexibility index (Phi) is 4.70. The molecule has 0 spiro atoms. The fraction of sp³-hybridized carbons (Fsp3) is 0.316. The minimum Gasteiger partial charge on any atom is -0.364 e. The van der Waals surface area contributed by atoms with Crippen LogP contribution in [0.4, 0.5) is 5.82 Å². The standard InChI is InChI=1S/C19H23N5O/c1-19(2,3)22-17-9-8-16(23-24-17)18(25)20-11-10-13-12-21-15-7-5-4-6-14(13)15/h4-9,12,21H,10-11H2,1-3H3,(H,20,25)(H,22,24). The van der Waals surface area contributed by atoms with E-state index in [-0.39, 0.29) is 11.4 Å². The number of hydrogen-bond acceptors (Lipinski definition) is 4. The minimum atomic E-state index is -0.213. The van der Waals surface area contributed by atoms with Crippen LogP contribution in [0.2, 0.25) is 0 Å². The molecular weight excluding hydrogens is 314 g/mol. The molecule has 6 nitrogen and oxygen atoms in total. The zero-order valence-electron chi connectivity index (χ0n) is 14.8. The summed E-state index contributed by atoms with van der Waals surface area (Å²) in [6.45, 7) is 6.67. The molecule has 2 heterocycles. The fourth-order valence-electron chi connectivity index (χ4n) is 2.64. The van der Waals surface area contributed by atoms with E-state index in [1.54, 1.807) is 12.1 Å². The summed E-state index contributed by atoms with van der Waals surface area (Å²) < 4.78 is 0. The van der Waals surface area contributed by atoms with Crippen molar-refractivity contribution in [1.82, 2.24) is 20.5 Å². The summed E-state index contributed by atoms with van der Waals surface area (Å²) in [6, 6.07) is 11.6. The highest BCUT2D eigenvalue weighted by molar-refractivity contribution is 5.92. The molecule has 0 saturated heterocycles. The van der Waals surface area contributed by atoms with Gasteiger partial charge in [0.15, 0.2) is 5.69 Å². The quantitative estimate of drug-likeness (QED) is 0.668. The molecule has 0 fully saturated rings. The molecule has 25 heavy (non-hydrogen) atoms. The van der Waals surface area contributed by atoms with Gasteiger partial charge in [0.2, 0.25) is 0 Å². The van der Waals surface area contributed by atoms with Crippen molar-refractivity contribution >= 4 is 22.6 Å². The maximum atomic E-state index is 12.2. The van der Waals surface area contributed by atoms with Crippen molar-refractivity contribution < 1.29 is 4.79 Å². The third kappa shape index (κ3) is 4.35. The van der Waals surface area contributed by atoms with E-state index >= 15 is 0 Å². The second-order valence-electron chi connectivity index (χ2n) is 7.04. The molecule has 0 aliphatic heterocycles. The molecule has 3 aromatic rings. The van der Waals surface area contributed by atoms with Crippen LogP contribution in [0.5, 0.6) is 0 Å². The number of anilines is 1. The number of hydrogen-bond donors (Lipinski definition) is 3. The van der Waals surface area contributed by atoms with Crippen LogP contribution in [0.1, 0.15) is 36.8 Å². The van der Waals surface area contributed by atoms with E-state index in [9.17, 15) is 4.79 Å². The van der Waals surface area contributed by atoms with Crippen molar-refractivity contribution in [1.29, 1.82) is 0 Å². The number of aromatic nitrogens is 3. The summed E-state index contributed by atoms with van der Waals surface area (Å²) in [5, 5.41) is 15.4. The highest BCUT2D eigenvalue weighted by atomic mass is 16.1. The highest BCUT2D eigenvalue weighted by Gasteiger charge is 2.12. The van der Waals surface area contributed by atoms with Crippen molar-refractivity contribution in [2.45, 2.75) is 32.7 Å². The van der Waals surface area contributed by atoms with Crippen LogP contribution in [-0.2, 0) is 6.42 Å². The number of para-hydroxylation sites is 1. The Morgan fingerprint density at radius 1 is 1.12 bits per heavy atom. The number of fused-ring (bicyclic) bond motifs is 1. The van der Waals surface area contributed by atoms with Gasteiger partial charge in [-0.05, 0) is 51.0 Å². The van der Waals surface area contributed by atoms with Crippen LogP contribution < -0.4 is 10.6 Å². The predicted octanol–water partition coefficient (Wildman–Crippen LogP) is 3.14. The van der Waals surface area contributed by atoms with Gasteiger partial charge in [0.25, 0.3) is 5.91 Å². The van der Waals surface area contributed by atoms with Gasteiger partial charge in [-0.2, -0.15) is 0 Å². The molecule has 0 unspecified atom stereocenters. The monoisotopic (exact) mass is 337 g/mol. The average molecular weight is 337 g/mol. The van der Waals surface area contributed by atoms with Crippen LogP contribution in [0.15, 0.2) is 42.6 Å². The van der Waals surface area contributed by atoms with Gasteiger partial charge >= 0.3 is 0 Å². The molecule has 0 bridgehead atoms. The Hall–Kier alpha value is -2.89. The first kappa shape index (κ1) is 17.0. The first-order valence-electron chi connectivity index (χ1n) is 8.37. The Balaban J connectivity index is 1.55. The lowest BCUT2D eigenvalue weighted by Crippen LogP contribution is -2.28. The lowest BCUT2D eigenvalue weighted by molar-refractivity contribution is 0.0948. The second-order valence-corrected chi connectivity index (χ2v) is 7.04. The number of carbonyl (C=O) groups is 1. The van der Waals surface area contributed by atoms with Crippen LogP contribution in [-0.4, -0.2) is 33.2 Å². The maximum Gasteiger partial charge on any atom is 0.271 e. The summed E-state index contributed by atoms with van der Waals surface area (Å²) in [6.07, 6.45) is 2.75. The number of aromatic amines is 1. The molecule has 3 N–H and O–H groups in total. The average Bonchev–Trinajstić information content (AvgIpc) is 2.97. The van der Waals surface area contributed by atoms with Gasteiger partial charge in [0, 0.05) is 29.2 Å². The number of amides is 1. The third-order valence-electron chi connectivity index (χ3n) is 3.76. The van der Waals surface area contributed by atoms with Gasteiger partial charge in [-0.1, -0.05) is 18.2 Å². The van der Waals surface area contributed by atoms with Crippen molar-refractivity contribution in [2.75, 3.05) is 11.9 Å². The number of H-pyrrole nitrogens is 1. The fourth-order valence-corrected chi connectivity index (χ4v) is 2.64. The summed E-state index contributed by atoms with van der Waals surface area (Å²) in [5.74, 6) is 0.442. The molecule has 0 aliphatic rings. The minimum absolute atomic E-state index is 0.0994. The lowest BCUT2D eigenvalue weighted by atomic mass is 10.1. The topological polar surface area (TPSA) is 82.7 Å². The van der Waals surface area contributed by atoms with E-state index in [0.29, 0.717) is 18.1 Å². The molecule has 0 saturated carbocycles. The molecular formula is C19H23N5O. The van der Waals surface area contributed by atoms with E-state index in [0.717, 1.165) is 11.9 Å². The van der Waals surface area contributed by atoms with Gasteiger partial charge in [0.05, 0.1) is 0 Å². The van der Waals surface area contributed by atoms with E-state index in [2.05, 4.69) is 31.9 Å². The maximum absolute atomic E-state index is 12.2. The molecule has 1 aromatic carbocycles. The Morgan fingerprint density at radius 3 is 2.64 bits per heavy atom. The number of nitrogens with one attached hydrogen (secondary N) is 3. The number of carbonyl (C=O) groups excluding carboxylic acids is 1. The van der Waals surface area contributed by atoms with Crippen LogP contribution in [0, 0.1) is 0 Å². The van der Waals surface area contributed by atoms with Crippen molar-refractivity contribution in [2.24, 2.45) is 0 Å². The van der Waals surface area contributed by atoms with Crippen LogP contribution >= 0.6 is 0 Å². The second kappa shape index (κ2) is 6.93. The molecule has 6 heteroatoms. The van der Waals surface area contributed by atoms with Gasteiger partial charge < -0.3 is 15.6 Å². The van der Waals surface area contributed by atoms with Gasteiger partial charge in [-0.3, -0.25) is 4.79 Å². The largest absolute Gasteiger partial charge is 0.364 e. The molecule has 130 valence electrons. The molecule has 2 aromatic heterocycles. The third-order valence-corrected chi connectivity index (χ3v) is 3.76. The Bertz CT molecular complexity index is 861. The summed E-state index contributed by atoms with van der Waals surface area (Å²) >= 11 is 0. The number of benzene rings is 1. The van der Waals surface area contributed by atoms with Crippen molar-refractivity contribution in [3.05, 3.63) is 53.9 Å².